The van der Waals surface area contributed by atoms with E-state index in [1.165, 1.54) is 5.56 Å². The standard InChI is InChI=1S/C17H29N3O/c1-14(2)13-21-16-9-7-15(8-10-16)11-12-18-17(19(3)4)20(5)6/h7-10,14H,11-13H2,1-6H3. The van der Waals surface area contributed by atoms with Crippen molar-refractivity contribution in [2.75, 3.05) is 41.3 Å². The van der Waals surface area contributed by atoms with Crippen molar-refractivity contribution >= 4 is 5.96 Å². The molecule has 0 saturated carbocycles. The molecule has 1 aromatic carbocycles. The maximum Gasteiger partial charge on any atom is 0.195 e. The quantitative estimate of drug-likeness (QED) is 0.596. The molecule has 1 rings (SSSR count). The molecule has 1 aromatic rings. The third kappa shape index (κ3) is 6.52. The first-order valence-electron chi connectivity index (χ1n) is 7.51. The van der Waals surface area contributed by atoms with Gasteiger partial charge in [0.1, 0.15) is 5.75 Å². The Morgan fingerprint density at radius 3 is 2.10 bits per heavy atom. The lowest BCUT2D eigenvalue weighted by atomic mass is 10.1. The summed E-state index contributed by atoms with van der Waals surface area (Å²) in [5.74, 6) is 2.49. The van der Waals surface area contributed by atoms with E-state index in [0.717, 1.165) is 31.3 Å². The van der Waals surface area contributed by atoms with Gasteiger partial charge in [0.25, 0.3) is 0 Å². The Balaban J connectivity index is 2.51. The molecule has 0 atom stereocenters. The molecular formula is C17H29N3O. The molecule has 0 N–H and O–H groups in total. The molecule has 0 spiro atoms. The minimum Gasteiger partial charge on any atom is -0.493 e. The topological polar surface area (TPSA) is 28.1 Å². The van der Waals surface area contributed by atoms with Crippen molar-refractivity contribution in [3.8, 4) is 5.75 Å². The zero-order chi connectivity index (χ0) is 15.8. The molecule has 0 amide bonds. The highest BCUT2D eigenvalue weighted by Crippen LogP contribution is 2.13. The molecule has 0 unspecified atom stereocenters. The molecule has 0 heterocycles. The van der Waals surface area contributed by atoms with Gasteiger partial charge in [0.15, 0.2) is 5.96 Å². The predicted octanol–water partition coefficient (Wildman–Crippen LogP) is 2.74. The SMILES string of the molecule is CC(C)COc1ccc(CCN=C(N(C)C)N(C)C)cc1. The lowest BCUT2D eigenvalue weighted by Crippen LogP contribution is -2.35. The van der Waals surface area contributed by atoms with Gasteiger partial charge in [0, 0.05) is 34.7 Å². The number of ether oxygens (including phenoxy) is 1. The van der Waals surface area contributed by atoms with E-state index in [0.29, 0.717) is 5.92 Å². The monoisotopic (exact) mass is 291 g/mol. The first kappa shape index (κ1) is 17.3. The maximum atomic E-state index is 5.69. The largest absolute Gasteiger partial charge is 0.493 e. The van der Waals surface area contributed by atoms with Gasteiger partial charge in [-0.25, -0.2) is 0 Å². The molecule has 0 aliphatic carbocycles. The Kier molecular flexibility index (Phi) is 7.06. The van der Waals surface area contributed by atoms with Crippen LogP contribution in [0, 0.1) is 5.92 Å². The van der Waals surface area contributed by atoms with Crippen molar-refractivity contribution in [1.29, 1.82) is 0 Å². The fourth-order valence-electron chi connectivity index (χ4n) is 1.98. The van der Waals surface area contributed by atoms with Gasteiger partial charge in [0.05, 0.1) is 6.61 Å². The van der Waals surface area contributed by atoms with Gasteiger partial charge in [-0.1, -0.05) is 26.0 Å². The highest BCUT2D eigenvalue weighted by Gasteiger charge is 2.03. The van der Waals surface area contributed by atoms with Gasteiger partial charge in [-0.3, -0.25) is 4.99 Å². The van der Waals surface area contributed by atoms with Crippen LogP contribution in [0.5, 0.6) is 5.75 Å². The number of nitrogens with zero attached hydrogens (tertiary/aromatic N) is 3. The first-order valence-corrected chi connectivity index (χ1v) is 7.51. The van der Waals surface area contributed by atoms with Crippen LogP contribution in [-0.4, -0.2) is 57.1 Å². The summed E-state index contributed by atoms with van der Waals surface area (Å²) >= 11 is 0. The molecule has 0 aliphatic heterocycles. The molecule has 4 heteroatoms. The average Bonchev–Trinajstić information content (AvgIpc) is 2.41. The van der Waals surface area contributed by atoms with Crippen molar-refractivity contribution in [2.24, 2.45) is 10.9 Å². The summed E-state index contributed by atoms with van der Waals surface area (Å²) in [6.45, 7) is 5.86. The van der Waals surface area contributed by atoms with Crippen molar-refractivity contribution in [2.45, 2.75) is 20.3 Å². The summed E-state index contributed by atoms with van der Waals surface area (Å²) in [6.07, 6.45) is 0.940. The Morgan fingerprint density at radius 2 is 1.62 bits per heavy atom. The number of benzene rings is 1. The van der Waals surface area contributed by atoms with Crippen LogP contribution in [-0.2, 0) is 6.42 Å². The third-order valence-corrected chi connectivity index (χ3v) is 2.96. The molecular weight excluding hydrogens is 262 g/mol. The zero-order valence-electron chi connectivity index (χ0n) is 14.3. The van der Waals surface area contributed by atoms with Crippen LogP contribution in [0.2, 0.25) is 0 Å². The maximum absolute atomic E-state index is 5.69. The van der Waals surface area contributed by atoms with Crippen molar-refractivity contribution < 1.29 is 4.74 Å². The molecule has 0 saturated heterocycles. The third-order valence-electron chi connectivity index (χ3n) is 2.96. The van der Waals surface area contributed by atoms with E-state index in [2.05, 4.69) is 31.0 Å². The number of aliphatic imine (C=N–C) groups is 1. The van der Waals surface area contributed by atoms with Crippen LogP contribution in [0.25, 0.3) is 0 Å². The second kappa shape index (κ2) is 8.55. The van der Waals surface area contributed by atoms with Crippen LogP contribution in [0.15, 0.2) is 29.3 Å². The van der Waals surface area contributed by atoms with Crippen LogP contribution in [0.1, 0.15) is 19.4 Å². The lowest BCUT2D eigenvalue weighted by molar-refractivity contribution is 0.271. The Bertz CT molecular complexity index is 426. The minimum atomic E-state index is 0.550. The number of rotatable bonds is 6. The van der Waals surface area contributed by atoms with Gasteiger partial charge < -0.3 is 14.5 Å². The number of hydrogen-bond acceptors (Lipinski definition) is 2. The normalized spacial score (nSPS) is 10.4. The number of hydrogen-bond donors (Lipinski definition) is 0. The fourth-order valence-corrected chi connectivity index (χ4v) is 1.98. The lowest BCUT2D eigenvalue weighted by Gasteiger charge is -2.22. The highest BCUT2D eigenvalue weighted by atomic mass is 16.5. The van der Waals surface area contributed by atoms with E-state index in [-0.39, 0.29) is 0 Å². The number of guanidine groups is 1. The van der Waals surface area contributed by atoms with Crippen molar-refractivity contribution in [3.05, 3.63) is 29.8 Å². The summed E-state index contributed by atoms with van der Waals surface area (Å²) in [6, 6.07) is 8.33. The van der Waals surface area contributed by atoms with Crippen LogP contribution < -0.4 is 4.74 Å². The summed E-state index contributed by atoms with van der Waals surface area (Å²) in [7, 11) is 8.05. The molecule has 118 valence electrons. The molecule has 21 heavy (non-hydrogen) atoms. The van der Waals surface area contributed by atoms with E-state index >= 15 is 0 Å². The van der Waals surface area contributed by atoms with E-state index < -0.39 is 0 Å². The Morgan fingerprint density at radius 1 is 1.05 bits per heavy atom. The smallest absolute Gasteiger partial charge is 0.195 e. The zero-order valence-corrected chi connectivity index (χ0v) is 14.3. The van der Waals surface area contributed by atoms with Gasteiger partial charge in [-0.15, -0.1) is 0 Å². The molecule has 4 nitrogen and oxygen atoms in total. The first-order chi connectivity index (χ1) is 9.90. The minimum absolute atomic E-state index is 0.550. The highest BCUT2D eigenvalue weighted by molar-refractivity contribution is 5.79. The fraction of sp³-hybridized carbons (Fsp3) is 0.588. The molecule has 0 radical (unpaired) electrons. The van der Waals surface area contributed by atoms with Crippen molar-refractivity contribution in [1.82, 2.24) is 9.80 Å². The van der Waals surface area contributed by atoms with E-state index in [9.17, 15) is 0 Å². The molecule has 0 bridgehead atoms. The van der Waals surface area contributed by atoms with E-state index in [4.69, 9.17) is 4.74 Å². The Hall–Kier alpha value is -1.71. The average molecular weight is 291 g/mol. The molecule has 0 aliphatic rings. The van der Waals surface area contributed by atoms with Gasteiger partial charge in [-0.2, -0.15) is 0 Å². The Labute approximate surface area is 129 Å². The van der Waals surface area contributed by atoms with Gasteiger partial charge >= 0.3 is 0 Å². The second-order valence-corrected chi connectivity index (χ2v) is 6.07. The molecule has 0 aromatic heterocycles. The van der Waals surface area contributed by atoms with Crippen LogP contribution >= 0.6 is 0 Å². The van der Waals surface area contributed by atoms with Gasteiger partial charge in [-0.05, 0) is 30.0 Å². The van der Waals surface area contributed by atoms with Gasteiger partial charge in [0.2, 0.25) is 0 Å². The molecule has 0 fully saturated rings. The second-order valence-electron chi connectivity index (χ2n) is 6.07. The van der Waals surface area contributed by atoms with Crippen LogP contribution in [0.4, 0.5) is 0 Å². The summed E-state index contributed by atoms with van der Waals surface area (Å²) in [5.41, 5.74) is 1.28. The van der Waals surface area contributed by atoms with Crippen LogP contribution in [0.3, 0.4) is 0 Å². The van der Waals surface area contributed by atoms with E-state index in [1.54, 1.807) is 0 Å². The summed E-state index contributed by atoms with van der Waals surface area (Å²) < 4.78 is 5.69. The predicted molar refractivity (Wildman–Crippen MR) is 90.2 cm³/mol. The van der Waals surface area contributed by atoms with Crippen molar-refractivity contribution in [3.63, 3.8) is 0 Å². The van der Waals surface area contributed by atoms with E-state index in [1.807, 2.05) is 50.1 Å². The summed E-state index contributed by atoms with van der Waals surface area (Å²) in [4.78, 5) is 8.70. The summed E-state index contributed by atoms with van der Waals surface area (Å²) in [5, 5.41) is 0.